The number of hydrogen-bond acceptors (Lipinski definition) is 7. The highest BCUT2D eigenvalue weighted by molar-refractivity contribution is 5.82. The van der Waals surface area contributed by atoms with Crippen molar-refractivity contribution in [2.75, 3.05) is 40.6 Å². The molecule has 21 heavy (non-hydrogen) atoms. The van der Waals surface area contributed by atoms with Crippen molar-refractivity contribution in [2.45, 2.75) is 12.2 Å². The van der Waals surface area contributed by atoms with Crippen LogP contribution in [0.15, 0.2) is 25.3 Å². The molecule has 0 heterocycles. The van der Waals surface area contributed by atoms with E-state index in [4.69, 9.17) is 23.7 Å². The molecule has 0 saturated carbocycles. The Kier molecular flexibility index (Phi) is 11.1. The summed E-state index contributed by atoms with van der Waals surface area (Å²) in [6.45, 7) is 7.11. The van der Waals surface area contributed by atoms with Gasteiger partial charge in [-0.05, 0) is 0 Å². The summed E-state index contributed by atoms with van der Waals surface area (Å²) in [5, 5.41) is 0. The van der Waals surface area contributed by atoms with Crippen LogP contribution in [0.1, 0.15) is 0 Å². The zero-order valence-electron chi connectivity index (χ0n) is 12.4. The lowest BCUT2D eigenvalue weighted by molar-refractivity contribution is -0.159. The first-order valence-corrected chi connectivity index (χ1v) is 6.29. The maximum Gasteiger partial charge on any atom is 0.330 e. The summed E-state index contributed by atoms with van der Waals surface area (Å²) in [4.78, 5) is 22.3. The quantitative estimate of drug-likeness (QED) is 0.383. The number of esters is 2. The van der Waals surface area contributed by atoms with E-state index in [1.807, 2.05) is 0 Å². The maximum absolute atomic E-state index is 11.2. The molecule has 120 valence electrons. The van der Waals surface area contributed by atoms with E-state index in [9.17, 15) is 9.59 Å². The largest absolute Gasteiger partial charge is 0.458 e. The van der Waals surface area contributed by atoms with Crippen LogP contribution >= 0.6 is 0 Å². The van der Waals surface area contributed by atoms with Gasteiger partial charge < -0.3 is 23.7 Å². The Morgan fingerprint density at radius 2 is 1.48 bits per heavy atom. The van der Waals surface area contributed by atoms with Gasteiger partial charge in [0.1, 0.15) is 12.7 Å². The van der Waals surface area contributed by atoms with Crippen LogP contribution in [-0.4, -0.2) is 64.8 Å². The highest BCUT2D eigenvalue weighted by atomic mass is 16.6. The Morgan fingerprint density at radius 1 is 0.905 bits per heavy atom. The van der Waals surface area contributed by atoms with Gasteiger partial charge in [-0.3, -0.25) is 0 Å². The van der Waals surface area contributed by atoms with Gasteiger partial charge >= 0.3 is 11.9 Å². The topological polar surface area (TPSA) is 80.3 Å². The standard InChI is InChI=1S/C14H22O7/c1-5-13(15)20-10-12(21-14(16)6-2)9-19-11(7-17-3)8-18-4/h5-6,11-12H,1-2,7-10H2,3-4H3. The van der Waals surface area contributed by atoms with Gasteiger partial charge in [-0.15, -0.1) is 0 Å². The van der Waals surface area contributed by atoms with Crippen LogP contribution in [0.25, 0.3) is 0 Å². The third-order valence-electron chi connectivity index (χ3n) is 2.25. The molecule has 1 atom stereocenters. The molecule has 0 rings (SSSR count). The zero-order chi connectivity index (χ0) is 16.1. The van der Waals surface area contributed by atoms with Gasteiger partial charge in [0.25, 0.3) is 0 Å². The molecule has 7 heteroatoms. The van der Waals surface area contributed by atoms with Crippen molar-refractivity contribution in [3.63, 3.8) is 0 Å². The van der Waals surface area contributed by atoms with Crippen LogP contribution in [-0.2, 0) is 33.3 Å². The highest BCUT2D eigenvalue weighted by Gasteiger charge is 2.18. The van der Waals surface area contributed by atoms with Crippen molar-refractivity contribution in [3.8, 4) is 0 Å². The van der Waals surface area contributed by atoms with Crippen molar-refractivity contribution in [2.24, 2.45) is 0 Å². The van der Waals surface area contributed by atoms with E-state index in [1.54, 1.807) is 0 Å². The normalized spacial score (nSPS) is 11.8. The molecule has 0 bridgehead atoms. The third-order valence-corrected chi connectivity index (χ3v) is 2.25. The number of methoxy groups -OCH3 is 2. The monoisotopic (exact) mass is 302 g/mol. The molecule has 0 aliphatic carbocycles. The SMILES string of the molecule is C=CC(=O)OCC(COC(COC)COC)OC(=O)C=C. The minimum Gasteiger partial charge on any atom is -0.458 e. The van der Waals surface area contributed by atoms with Crippen LogP contribution in [0.3, 0.4) is 0 Å². The lowest BCUT2D eigenvalue weighted by Gasteiger charge is -2.21. The van der Waals surface area contributed by atoms with Crippen molar-refractivity contribution < 1.29 is 33.3 Å². The summed E-state index contributed by atoms with van der Waals surface area (Å²) in [6.07, 6.45) is 0.964. The van der Waals surface area contributed by atoms with E-state index in [0.29, 0.717) is 13.2 Å². The average molecular weight is 302 g/mol. The first kappa shape index (κ1) is 19.3. The van der Waals surface area contributed by atoms with E-state index >= 15 is 0 Å². The van der Waals surface area contributed by atoms with E-state index in [-0.39, 0.29) is 19.3 Å². The fourth-order valence-electron chi connectivity index (χ4n) is 1.32. The van der Waals surface area contributed by atoms with Crippen LogP contribution < -0.4 is 0 Å². The molecule has 7 nitrogen and oxygen atoms in total. The molecule has 1 unspecified atom stereocenters. The Hall–Kier alpha value is -1.70. The van der Waals surface area contributed by atoms with Gasteiger partial charge in [0.2, 0.25) is 0 Å². The van der Waals surface area contributed by atoms with E-state index in [0.717, 1.165) is 12.2 Å². The van der Waals surface area contributed by atoms with Gasteiger partial charge in [-0.1, -0.05) is 13.2 Å². The fraction of sp³-hybridized carbons (Fsp3) is 0.571. The van der Waals surface area contributed by atoms with Gasteiger partial charge in [-0.25, -0.2) is 9.59 Å². The average Bonchev–Trinajstić information content (AvgIpc) is 2.49. The van der Waals surface area contributed by atoms with E-state index in [2.05, 4.69) is 13.2 Å². The Labute approximate surface area is 124 Å². The van der Waals surface area contributed by atoms with Crippen molar-refractivity contribution in [1.82, 2.24) is 0 Å². The Balaban J connectivity index is 4.41. The summed E-state index contributed by atoms with van der Waals surface area (Å²) in [6, 6.07) is 0. The number of rotatable bonds is 12. The molecule has 0 aromatic rings. The second kappa shape index (κ2) is 12.1. The smallest absolute Gasteiger partial charge is 0.330 e. The molecule has 0 aromatic carbocycles. The number of carbonyl (C=O) groups excluding carboxylic acids is 2. The zero-order valence-corrected chi connectivity index (χ0v) is 12.4. The minimum atomic E-state index is -0.754. The molecular formula is C14H22O7. The van der Waals surface area contributed by atoms with Crippen LogP contribution in [0, 0.1) is 0 Å². The Bertz CT molecular complexity index is 334. The van der Waals surface area contributed by atoms with Crippen molar-refractivity contribution in [1.29, 1.82) is 0 Å². The summed E-state index contributed by atoms with van der Waals surface area (Å²) in [5.74, 6) is -1.24. The highest BCUT2D eigenvalue weighted by Crippen LogP contribution is 2.02. The lowest BCUT2D eigenvalue weighted by atomic mass is 10.3. The van der Waals surface area contributed by atoms with Crippen LogP contribution in [0.4, 0.5) is 0 Å². The minimum absolute atomic E-state index is 0.0292. The fourth-order valence-corrected chi connectivity index (χ4v) is 1.32. The van der Waals surface area contributed by atoms with Gasteiger partial charge in [-0.2, -0.15) is 0 Å². The molecule has 0 radical (unpaired) electrons. The summed E-state index contributed by atoms with van der Waals surface area (Å²) < 4.78 is 25.3. The number of ether oxygens (including phenoxy) is 5. The van der Waals surface area contributed by atoms with Gasteiger partial charge in [0, 0.05) is 26.4 Å². The molecule has 0 aliphatic rings. The summed E-state index contributed by atoms with van der Waals surface area (Å²) in [5.41, 5.74) is 0. The predicted molar refractivity (Wildman–Crippen MR) is 74.7 cm³/mol. The first-order valence-electron chi connectivity index (χ1n) is 6.29. The maximum atomic E-state index is 11.2. The van der Waals surface area contributed by atoms with Crippen LogP contribution in [0.2, 0.25) is 0 Å². The molecule has 0 fully saturated rings. The van der Waals surface area contributed by atoms with Crippen molar-refractivity contribution in [3.05, 3.63) is 25.3 Å². The van der Waals surface area contributed by atoms with E-state index < -0.39 is 18.0 Å². The molecule has 0 aliphatic heterocycles. The number of hydrogen-bond donors (Lipinski definition) is 0. The summed E-state index contributed by atoms with van der Waals surface area (Å²) in [7, 11) is 3.07. The molecule has 0 spiro atoms. The van der Waals surface area contributed by atoms with Gasteiger partial charge in [0.05, 0.1) is 19.8 Å². The van der Waals surface area contributed by atoms with Crippen molar-refractivity contribution >= 4 is 11.9 Å². The van der Waals surface area contributed by atoms with Crippen LogP contribution in [0.5, 0.6) is 0 Å². The number of carbonyl (C=O) groups is 2. The lowest BCUT2D eigenvalue weighted by Crippen LogP contribution is -2.33. The molecule has 0 saturated heterocycles. The molecule has 0 aromatic heterocycles. The predicted octanol–water partition coefficient (Wildman–Crippen LogP) is 0.491. The van der Waals surface area contributed by atoms with Gasteiger partial charge in [0.15, 0.2) is 6.10 Å². The third kappa shape index (κ3) is 9.78. The second-order valence-electron chi connectivity index (χ2n) is 3.96. The first-order chi connectivity index (χ1) is 10.1. The molecule has 0 amide bonds. The molecule has 0 N–H and O–H groups in total. The summed E-state index contributed by atoms with van der Waals surface area (Å²) >= 11 is 0. The van der Waals surface area contributed by atoms with E-state index in [1.165, 1.54) is 14.2 Å². The Morgan fingerprint density at radius 3 is 1.95 bits per heavy atom. The molecular weight excluding hydrogens is 280 g/mol. The second-order valence-corrected chi connectivity index (χ2v) is 3.96.